The first kappa shape index (κ1) is 13.6. The van der Waals surface area contributed by atoms with E-state index in [0.29, 0.717) is 13.0 Å². The number of ether oxygens (including phenoxy) is 1. The van der Waals surface area contributed by atoms with E-state index in [1.165, 1.54) is 19.2 Å². The van der Waals surface area contributed by atoms with E-state index in [4.69, 9.17) is 10.5 Å². The molecule has 0 aliphatic heterocycles. The minimum atomic E-state index is -0.571. The van der Waals surface area contributed by atoms with Crippen LogP contribution < -0.4 is 10.5 Å². The number of unbranched alkanes of at least 4 members (excludes halogenated alkanes) is 2. The van der Waals surface area contributed by atoms with Gasteiger partial charge in [-0.2, -0.15) is 0 Å². The van der Waals surface area contributed by atoms with Crippen molar-refractivity contribution in [1.82, 2.24) is 0 Å². The second kappa shape index (κ2) is 7.01. The molecular weight excluding hydrogens is 221 g/mol. The van der Waals surface area contributed by atoms with E-state index in [1.54, 1.807) is 6.07 Å². The molecule has 0 bridgehead atoms. The molecule has 2 N–H and O–H groups in total. The molecule has 0 unspecified atom stereocenters. The number of benzene rings is 1. The van der Waals surface area contributed by atoms with Gasteiger partial charge in [0.2, 0.25) is 0 Å². The largest absolute Gasteiger partial charge is 0.494 e. The quantitative estimate of drug-likeness (QED) is 0.587. The van der Waals surface area contributed by atoms with E-state index >= 15 is 0 Å². The number of hydrogen-bond donors (Lipinski definition) is 1. The highest BCUT2D eigenvalue weighted by Crippen LogP contribution is 2.21. The Hall–Kier alpha value is -1.42. The van der Waals surface area contributed by atoms with Gasteiger partial charge in [-0.1, -0.05) is 12.5 Å². The molecule has 0 saturated heterocycles. The van der Waals surface area contributed by atoms with E-state index in [9.17, 15) is 9.18 Å². The molecule has 0 spiro atoms. The molecule has 0 fully saturated rings. The predicted molar refractivity (Wildman–Crippen MR) is 64.8 cm³/mol. The molecule has 3 nitrogen and oxygen atoms in total. The lowest BCUT2D eigenvalue weighted by molar-refractivity contribution is 0.0974. The van der Waals surface area contributed by atoms with Crippen molar-refractivity contribution in [3.63, 3.8) is 0 Å². The van der Waals surface area contributed by atoms with Gasteiger partial charge < -0.3 is 10.5 Å². The molecular formula is C13H18FNO2. The van der Waals surface area contributed by atoms with Gasteiger partial charge >= 0.3 is 0 Å². The fraction of sp³-hybridized carbons (Fsp3) is 0.462. The summed E-state index contributed by atoms with van der Waals surface area (Å²) in [7, 11) is 1.38. The van der Waals surface area contributed by atoms with Gasteiger partial charge in [-0.25, -0.2) is 4.39 Å². The number of carbonyl (C=O) groups is 1. The molecule has 0 amide bonds. The Kier molecular flexibility index (Phi) is 5.63. The zero-order valence-electron chi connectivity index (χ0n) is 10.0. The van der Waals surface area contributed by atoms with Crippen molar-refractivity contribution in [3.8, 4) is 5.75 Å². The van der Waals surface area contributed by atoms with Crippen molar-refractivity contribution in [2.75, 3.05) is 13.7 Å². The first-order valence-corrected chi connectivity index (χ1v) is 5.76. The van der Waals surface area contributed by atoms with Gasteiger partial charge in [-0.3, -0.25) is 4.79 Å². The van der Waals surface area contributed by atoms with E-state index in [1.807, 2.05) is 0 Å². The zero-order valence-corrected chi connectivity index (χ0v) is 10.0. The number of ketones is 1. The van der Waals surface area contributed by atoms with Gasteiger partial charge in [-0.05, 0) is 31.5 Å². The molecule has 17 heavy (non-hydrogen) atoms. The molecule has 0 aliphatic rings. The lowest BCUT2D eigenvalue weighted by Gasteiger charge is -2.06. The van der Waals surface area contributed by atoms with Crippen LogP contribution in [0.4, 0.5) is 4.39 Å². The molecule has 0 atom stereocenters. The second-order valence-electron chi connectivity index (χ2n) is 3.84. The number of halogens is 1. The van der Waals surface area contributed by atoms with E-state index < -0.39 is 5.82 Å². The summed E-state index contributed by atoms with van der Waals surface area (Å²) >= 11 is 0. The third-order valence-corrected chi connectivity index (χ3v) is 2.59. The fourth-order valence-electron chi connectivity index (χ4n) is 1.63. The minimum absolute atomic E-state index is 0.108. The molecule has 0 saturated carbocycles. The van der Waals surface area contributed by atoms with Crippen LogP contribution >= 0.6 is 0 Å². The van der Waals surface area contributed by atoms with Crippen LogP contribution in [0.3, 0.4) is 0 Å². The summed E-state index contributed by atoms with van der Waals surface area (Å²) in [5, 5.41) is 0. The first-order chi connectivity index (χ1) is 8.20. The van der Waals surface area contributed by atoms with Gasteiger partial charge in [0, 0.05) is 6.42 Å². The van der Waals surface area contributed by atoms with Crippen LogP contribution in [0, 0.1) is 5.82 Å². The maximum Gasteiger partial charge on any atom is 0.175 e. The number of nitrogens with two attached hydrogens (primary N) is 1. The van der Waals surface area contributed by atoms with Gasteiger partial charge in [0.25, 0.3) is 0 Å². The third kappa shape index (κ3) is 3.82. The van der Waals surface area contributed by atoms with Crippen molar-refractivity contribution in [2.45, 2.75) is 25.7 Å². The second-order valence-corrected chi connectivity index (χ2v) is 3.84. The highest BCUT2D eigenvalue weighted by Gasteiger charge is 2.14. The SMILES string of the molecule is COc1cccc(C(=O)CCCCCN)c1F. The Bertz CT molecular complexity index is 380. The highest BCUT2D eigenvalue weighted by molar-refractivity contribution is 5.96. The van der Waals surface area contributed by atoms with Crippen molar-refractivity contribution in [1.29, 1.82) is 0 Å². The molecule has 94 valence electrons. The highest BCUT2D eigenvalue weighted by atomic mass is 19.1. The monoisotopic (exact) mass is 239 g/mol. The van der Waals surface area contributed by atoms with Crippen LogP contribution in [0.25, 0.3) is 0 Å². The van der Waals surface area contributed by atoms with Crippen LogP contribution in [0.15, 0.2) is 18.2 Å². The lowest BCUT2D eigenvalue weighted by atomic mass is 10.0. The molecule has 4 heteroatoms. The number of hydrogen-bond acceptors (Lipinski definition) is 3. The summed E-state index contributed by atoms with van der Waals surface area (Å²) in [6.45, 7) is 0.627. The smallest absolute Gasteiger partial charge is 0.175 e. The average molecular weight is 239 g/mol. The summed E-state index contributed by atoms with van der Waals surface area (Å²) in [6, 6.07) is 4.61. The summed E-state index contributed by atoms with van der Waals surface area (Å²) in [4.78, 5) is 11.8. The molecule has 0 heterocycles. The summed E-state index contributed by atoms with van der Waals surface area (Å²) in [5.74, 6) is -0.643. The van der Waals surface area contributed by atoms with Gasteiger partial charge in [0.1, 0.15) is 0 Å². The Morgan fingerprint density at radius 1 is 1.35 bits per heavy atom. The first-order valence-electron chi connectivity index (χ1n) is 5.76. The van der Waals surface area contributed by atoms with Crippen LogP contribution in [-0.2, 0) is 0 Å². The Balaban J connectivity index is 2.62. The number of carbonyl (C=O) groups excluding carboxylic acids is 1. The summed E-state index contributed by atoms with van der Waals surface area (Å²) in [6.07, 6.45) is 2.89. The van der Waals surface area contributed by atoms with Crippen LogP contribution in [-0.4, -0.2) is 19.4 Å². The van der Waals surface area contributed by atoms with Crippen molar-refractivity contribution in [2.24, 2.45) is 5.73 Å². The van der Waals surface area contributed by atoms with E-state index in [-0.39, 0.29) is 17.1 Å². The maximum atomic E-state index is 13.7. The molecule has 0 radical (unpaired) electrons. The molecule has 1 aromatic rings. The van der Waals surface area contributed by atoms with E-state index in [2.05, 4.69) is 0 Å². The van der Waals surface area contributed by atoms with Crippen LogP contribution in [0.1, 0.15) is 36.0 Å². The summed E-state index contributed by atoms with van der Waals surface area (Å²) < 4.78 is 18.6. The standard InChI is InChI=1S/C13H18FNO2/c1-17-12-8-5-6-10(13(12)14)11(16)7-3-2-4-9-15/h5-6,8H,2-4,7,9,15H2,1H3. The number of Topliss-reactive ketones (excluding diaryl/α,β-unsaturated/α-hetero) is 1. The van der Waals surface area contributed by atoms with Crippen LogP contribution in [0.2, 0.25) is 0 Å². The third-order valence-electron chi connectivity index (χ3n) is 2.59. The predicted octanol–water partition coefficient (Wildman–Crippen LogP) is 2.54. The Labute approximate surface area is 101 Å². The van der Waals surface area contributed by atoms with Crippen LogP contribution in [0.5, 0.6) is 5.75 Å². The molecule has 0 aliphatic carbocycles. The van der Waals surface area contributed by atoms with Gasteiger partial charge in [-0.15, -0.1) is 0 Å². The molecule has 0 aromatic heterocycles. The Morgan fingerprint density at radius 3 is 2.76 bits per heavy atom. The van der Waals surface area contributed by atoms with Crippen molar-refractivity contribution < 1.29 is 13.9 Å². The fourth-order valence-corrected chi connectivity index (χ4v) is 1.63. The molecule has 1 rings (SSSR count). The molecule has 1 aromatic carbocycles. The topological polar surface area (TPSA) is 52.3 Å². The Morgan fingerprint density at radius 2 is 2.12 bits per heavy atom. The zero-order chi connectivity index (χ0) is 12.7. The minimum Gasteiger partial charge on any atom is -0.494 e. The number of rotatable bonds is 7. The van der Waals surface area contributed by atoms with Gasteiger partial charge in [0.15, 0.2) is 17.3 Å². The normalized spacial score (nSPS) is 10.3. The maximum absolute atomic E-state index is 13.7. The van der Waals surface area contributed by atoms with E-state index in [0.717, 1.165) is 19.3 Å². The number of methoxy groups -OCH3 is 1. The lowest BCUT2D eigenvalue weighted by Crippen LogP contribution is -2.04. The summed E-state index contributed by atoms with van der Waals surface area (Å²) in [5.41, 5.74) is 5.47. The van der Waals surface area contributed by atoms with Crippen molar-refractivity contribution in [3.05, 3.63) is 29.6 Å². The van der Waals surface area contributed by atoms with Gasteiger partial charge in [0.05, 0.1) is 12.7 Å². The van der Waals surface area contributed by atoms with Crippen molar-refractivity contribution >= 4 is 5.78 Å². The average Bonchev–Trinajstić information content (AvgIpc) is 2.34.